The lowest BCUT2D eigenvalue weighted by Gasteiger charge is -2.36. The minimum Gasteiger partial charge on any atom is -0.399 e. The van der Waals surface area contributed by atoms with E-state index in [1.807, 2.05) is 0 Å². The highest BCUT2D eigenvalue weighted by Gasteiger charge is 2.29. The third kappa shape index (κ3) is 6.65. The van der Waals surface area contributed by atoms with Crippen molar-refractivity contribution in [3.8, 4) is 0 Å². The Hall–Kier alpha value is -3.29. The topological polar surface area (TPSA) is 78.6 Å². The van der Waals surface area contributed by atoms with Gasteiger partial charge in [-0.25, -0.2) is 8.78 Å². The molecule has 4 N–H and O–H groups in total. The van der Waals surface area contributed by atoms with Gasteiger partial charge in [-0.2, -0.15) is 0 Å². The molecule has 3 aromatic rings. The van der Waals surface area contributed by atoms with Crippen LogP contribution >= 0.6 is 0 Å². The molecule has 0 aliphatic carbocycles. The molecule has 0 saturated carbocycles. The molecule has 1 heterocycles. The summed E-state index contributed by atoms with van der Waals surface area (Å²) in [6.45, 7) is 2.03. The summed E-state index contributed by atoms with van der Waals surface area (Å²) in [5.74, 6) is -0.763. The Labute approximate surface area is 204 Å². The molecule has 1 aliphatic rings. The first-order valence-electron chi connectivity index (χ1n) is 12.0. The number of carbonyl (C=O) groups excluding carboxylic acids is 1. The van der Waals surface area contributed by atoms with Crippen molar-refractivity contribution in [3.05, 3.63) is 101 Å². The molecule has 35 heavy (non-hydrogen) atoms. The standard InChI is InChI=1S/C28H31F2N3O2/c29-22-9-3-19(4-10-22)25(20-5-11-23(30)12-6-20)2-1-16-33-17-15-26(27(34)18-33)32-28(35)21-7-13-24(31)14-8-21/h3-14,25-27,34H,1-2,15-18,31H2,(H,32,35). The van der Waals surface area contributed by atoms with Crippen molar-refractivity contribution in [1.29, 1.82) is 0 Å². The lowest BCUT2D eigenvalue weighted by Crippen LogP contribution is -2.54. The molecule has 3 aromatic carbocycles. The number of likely N-dealkylation sites (tertiary alicyclic amines) is 1. The maximum absolute atomic E-state index is 13.4. The number of amides is 1. The smallest absolute Gasteiger partial charge is 0.251 e. The van der Waals surface area contributed by atoms with E-state index in [9.17, 15) is 18.7 Å². The molecule has 2 atom stereocenters. The van der Waals surface area contributed by atoms with Gasteiger partial charge in [0.25, 0.3) is 5.91 Å². The van der Waals surface area contributed by atoms with Crippen LogP contribution in [0.5, 0.6) is 0 Å². The van der Waals surface area contributed by atoms with Gasteiger partial charge in [0.05, 0.1) is 12.1 Å². The number of β-amino-alcohol motifs (C(OH)–C–C–N with tert-alkyl or cyclic N) is 1. The number of halogens is 2. The Kier molecular flexibility index (Phi) is 8.10. The van der Waals surface area contributed by atoms with Crippen LogP contribution < -0.4 is 11.1 Å². The lowest BCUT2D eigenvalue weighted by atomic mass is 9.87. The highest BCUT2D eigenvalue weighted by molar-refractivity contribution is 5.94. The maximum atomic E-state index is 13.4. The van der Waals surface area contributed by atoms with Crippen LogP contribution in [0.1, 0.15) is 46.7 Å². The fourth-order valence-corrected chi connectivity index (χ4v) is 4.69. The second kappa shape index (κ2) is 11.4. The summed E-state index contributed by atoms with van der Waals surface area (Å²) in [7, 11) is 0. The zero-order chi connectivity index (χ0) is 24.8. The van der Waals surface area contributed by atoms with Crippen LogP contribution in [0.3, 0.4) is 0 Å². The van der Waals surface area contributed by atoms with E-state index in [0.29, 0.717) is 24.2 Å². The van der Waals surface area contributed by atoms with Crippen molar-refractivity contribution in [2.24, 2.45) is 0 Å². The van der Waals surface area contributed by atoms with Gasteiger partial charge in [0, 0.05) is 30.3 Å². The van der Waals surface area contributed by atoms with Gasteiger partial charge >= 0.3 is 0 Å². The molecule has 0 spiro atoms. The maximum Gasteiger partial charge on any atom is 0.251 e. The number of carbonyl (C=O) groups is 1. The van der Waals surface area contributed by atoms with E-state index in [0.717, 1.165) is 37.1 Å². The Morgan fingerprint density at radius 1 is 0.971 bits per heavy atom. The molecular weight excluding hydrogens is 448 g/mol. The molecule has 0 radical (unpaired) electrons. The highest BCUT2D eigenvalue weighted by Crippen LogP contribution is 2.30. The number of anilines is 1. The summed E-state index contributed by atoms with van der Waals surface area (Å²) in [5, 5.41) is 13.6. The number of piperidine rings is 1. The Morgan fingerprint density at radius 3 is 2.09 bits per heavy atom. The molecule has 5 nitrogen and oxygen atoms in total. The van der Waals surface area contributed by atoms with E-state index in [4.69, 9.17) is 5.73 Å². The average molecular weight is 480 g/mol. The van der Waals surface area contributed by atoms with Gasteiger partial charge in [0.15, 0.2) is 0 Å². The van der Waals surface area contributed by atoms with Gasteiger partial charge in [0.1, 0.15) is 11.6 Å². The minimum atomic E-state index is -0.661. The van der Waals surface area contributed by atoms with E-state index in [-0.39, 0.29) is 29.5 Å². The van der Waals surface area contributed by atoms with Crippen LogP contribution in [0.4, 0.5) is 14.5 Å². The minimum absolute atomic E-state index is 0.0258. The fourth-order valence-electron chi connectivity index (χ4n) is 4.69. The van der Waals surface area contributed by atoms with Crippen LogP contribution in [-0.2, 0) is 0 Å². The van der Waals surface area contributed by atoms with Crippen LogP contribution in [-0.4, -0.2) is 47.7 Å². The van der Waals surface area contributed by atoms with E-state index < -0.39 is 6.10 Å². The first-order valence-corrected chi connectivity index (χ1v) is 12.0. The van der Waals surface area contributed by atoms with Crippen molar-refractivity contribution < 1.29 is 18.7 Å². The summed E-state index contributed by atoms with van der Waals surface area (Å²) in [5.41, 5.74) is 8.76. The second-order valence-corrected chi connectivity index (χ2v) is 9.16. The normalized spacial score (nSPS) is 18.5. The third-order valence-electron chi connectivity index (χ3n) is 6.67. The van der Waals surface area contributed by atoms with Gasteiger partial charge in [-0.3, -0.25) is 4.79 Å². The Balaban J connectivity index is 1.31. The number of nitrogens with one attached hydrogen (secondary N) is 1. The van der Waals surface area contributed by atoms with Crippen LogP contribution in [0.25, 0.3) is 0 Å². The molecule has 184 valence electrons. The summed E-state index contributed by atoms with van der Waals surface area (Å²) >= 11 is 0. The van der Waals surface area contributed by atoms with Crippen molar-refractivity contribution in [2.75, 3.05) is 25.4 Å². The van der Waals surface area contributed by atoms with Crippen molar-refractivity contribution >= 4 is 11.6 Å². The van der Waals surface area contributed by atoms with Gasteiger partial charge in [-0.15, -0.1) is 0 Å². The Bertz CT molecular complexity index is 1060. The van der Waals surface area contributed by atoms with Gasteiger partial charge < -0.3 is 21.1 Å². The number of benzene rings is 3. The molecule has 0 bridgehead atoms. The van der Waals surface area contributed by atoms with Crippen LogP contribution in [0.15, 0.2) is 72.8 Å². The van der Waals surface area contributed by atoms with Gasteiger partial charge in [-0.1, -0.05) is 24.3 Å². The summed E-state index contributed by atoms with van der Waals surface area (Å²) < 4.78 is 26.9. The number of nitrogens with zero attached hydrogens (tertiary/aromatic N) is 1. The van der Waals surface area contributed by atoms with Crippen molar-refractivity contribution in [3.63, 3.8) is 0 Å². The monoisotopic (exact) mass is 479 g/mol. The molecule has 7 heteroatoms. The van der Waals surface area contributed by atoms with Gasteiger partial charge in [-0.05, 0) is 85.5 Å². The molecule has 1 fully saturated rings. The summed E-state index contributed by atoms with van der Waals surface area (Å²) in [6, 6.07) is 19.3. The molecule has 0 aromatic heterocycles. The van der Waals surface area contributed by atoms with Crippen LogP contribution in [0, 0.1) is 11.6 Å². The number of nitrogen functional groups attached to an aromatic ring is 1. The van der Waals surface area contributed by atoms with E-state index in [2.05, 4.69) is 10.2 Å². The van der Waals surface area contributed by atoms with E-state index in [1.54, 1.807) is 48.5 Å². The summed E-state index contributed by atoms with van der Waals surface area (Å²) in [4.78, 5) is 14.7. The fraction of sp³-hybridized carbons (Fsp3) is 0.321. The molecule has 1 amide bonds. The number of rotatable bonds is 8. The van der Waals surface area contributed by atoms with Crippen LogP contribution in [0.2, 0.25) is 0 Å². The number of hydrogen-bond acceptors (Lipinski definition) is 4. The predicted molar refractivity (Wildman–Crippen MR) is 133 cm³/mol. The number of aliphatic hydroxyl groups is 1. The average Bonchev–Trinajstić information content (AvgIpc) is 2.85. The number of hydrogen-bond donors (Lipinski definition) is 3. The van der Waals surface area contributed by atoms with Gasteiger partial charge in [0.2, 0.25) is 0 Å². The Morgan fingerprint density at radius 2 is 1.54 bits per heavy atom. The highest BCUT2D eigenvalue weighted by atomic mass is 19.1. The second-order valence-electron chi connectivity index (χ2n) is 9.16. The van der Waals surface area contributed by atoms with Crippen molar-refractivity contribution in [2.45, 2.75) is 37.3 Å². The molecule has 1 aliphatic heterocycles. The first-order chi connectivity index (χ1) is 16.9. The molecule has 2 unspecified atom stereocenters. The molecule has 1 saturated heterocycles. The zero-order valence-electron chi connectivity index (χ0n) is 19.5. The number of nitrogens with two attached hydrogens (primary N) is 1. The first kappa shape index (κ1) is 24.8. The largest absolute Gasteiger partial charge is 0.399 e. The summed E-state index contributed by atoms with van der Waals surface area (Å²) in [6.07, 6.45) is 1.66. The van der Waals surface area contributed by atoms with Crippen molar-refractivity contribution in [1.82, 2.24) is 10.2 Å². The zero-order valence-corrected chi connectivity index (χ0v) is 19.5. The van der Waals surface area contributed by atoms with E-state index >= 15 is 0 Å². The third-order valence-corrected chi connectivity index (χ3v) is 6.67. The lowest BCUT2D eigenvalue weighted by molar-refractivity contribution is 0.0373. The number of aliphatic hydroxyl groups excluding tert-OH is 1. The quantitative estimate of drug-likeness (QED) is 0.421. The molecule has 4 rings (SSSR count). The predicted octanol–water partition coefficient (Wildman–Crippen LogP) is 4.32. The molecular formula is C28H31F2N3O2. The van der Waals surface area contributed by atoms with E-state index in [1.165, 1.54) is 24.3 Å². The SMILES string of the molecule is Nc1ccc(C(=O)NC2CCN(CCCC(c3ccc(F)cc3)c3ccc(F)cc3)CC2O)cc1.